The van der Waals surface area contributed by atoms with Gasteiger partial charge < -0.3 is 32.3 Å². The van der Waals surface area contributed by atoms with Crippen molar-refractivity contribution in [3.8, 4) is 0 Å². The highest BCUT2D eigenvalue weighted by atomic mass is 16.4. The molecule has 0 aliphatic carbocycles. The van der Waals surface area contributed by atoms with Crippen LogP contribution in [0.2, 0.25) is 0 Å². The number of carbonyl (C=O) groups excluding carboxylic acids is 3. The third-order valence-electron chi connectivity index (χ3n) is 3.64. The Morgan fingerprint density at radius 1 is 1.08 bits per heavy atom. The van der Waals surface area contributed by atoms with Gasteiger partial charge in [-0.25, -0.2) is 4.79 Å². The summed E-state index contributed by atoms with van der Waals surface area (Å²) in [5, 5.41) is 23.0. The van der Waals surface area contributed by atoms with E-state index < -0.39 is 54.3 Å². The molecule has 0 unspecified atom stereocenters. The number of hydrogen-bond acceptors (Lipinski definition) is 6. The topological polar surface area (TPSA) is 185 Å². The van der Waals surface area contributed by atoms with Crippen LogP contribution in [0.15, 0.2) is 0 Å². The summed E-state index contributed by atoms with van der Waals surface area (Å²) in [7, 11) is 0. The van der Waals surface area contributed by atoms with Crippen LogP contribution in [-0.4, -0.2) is 58.1 Å². The lowest BCUT2D eigenvalue weighted by Gasteiger charge is -2.25. The molecule has 0 aromatic rings. The van der Waals surface area contributed by atoms with Crippen LogP contribution < -0.4 is 22.1 Å². The standard InChI is InChI=1S/C14H26N4O6/c1-4-6(2)10(16)12(21)18-11(7(3)19)13(22)17-8(14(23)24)5-9(15)20/h6-8,10-11,19H,4-5,16H2,1-3H3,(H2,15,20)(H,17,22)(H,18,21)(H,23,24)/t6-,7+,8-,10-,11-/m0/s1. The first-order chi connectivity index (χ1) is 11.0. The van der Waals surface area contributed by atoms with Gasteiger partial charge in [-0.2, -0.15) is 0 Å². The monoisotopic (exact) mass is 346 g/mol. The Morgan fingerprint density at radius 3 is 2.00 bits per heavy atom. The first-order valence-electron chi connectivity index (χ1n) is 7.56. The molecular weight excluding hydrogens is 320 g/mol. The number of hydrogen-bond donors (Lipinski definition) is 6. The molecule has 10 heteroatoms. The van der Waals surface area contributed by atoms with Crippen LogP contribution in [0.3, 0.4) is 0 Å². The maximum atomic E-state index is 12.1. The van der Waals surface area contributed by atoms with Crippen molar-refractivity contribution < 1.29 is 29.4 Å². The second-order valence-electron chi connectivity index (χ2n) is 5.71. The fourth-order valence-corrected chi connectivity index (χ4v) is 1.83. The number of nitrogens with one attached hydrogen (secondary N) is 2. The number of carbonyl (C=O) groups is 4. The summed E-state index contributed by atoms with van der Waals surface area (Å²) in [4.78, 5) is 46.1. The van der Waals surface area contributed by atoms with Crippen LogP contribution in [0.5, 0.6) is 0 Å². The molecule has 3 amide bonds. The van der Waals surface area contributed by atoms with E-state index in [0.29, 0.717) is 6.42 Å². The lowest BCUT2D eigenvalue weighted by atomic mass is 9.98. The Balaban J connectivity index is 5.04. The Hall–Kier alpha value is -2.20. The van der Waals surface area contributed by atoms with E-state index in [9.17, 15) is 24.3 Å². The minimum atomic E-state index is -1.56. The molecule has 24 heavy (non-hydrogen) atoms. The SMILES string of the molecule is CC[C@H](C)[C@H](N)C(=O)N[C@H](C(=O)N[C@@H](CC(N)=O)C(=O)O)[C@@H](C)O. The third-order valence-corrected chi connectivity index (χ3v) is 3.64. The molecule has 0 spiro atoms. The second kappa shape index (κ2) is 9.83. The number of aliphatic carboxylic acids is 1. The molecule has 138 valence electrons. The van der Waals surface area contributed by atoms with Gasteiger partial charge in [-0.1, -0.05) is 20.3 Å². The van der Waals surface area contributed by atoms with Crippen molar-refractivity contribution in [2.24, 2.45) is 17.4 Å². The fourth-order valence-electron chi connectivity index (χ4n) is 1.83. The van der Waals surface area contributed by atoms with Gasteiger partial charge in [0, 0.05) is 0 Å². The van der Waals surface area contributed by atoms with Crippen molar-refractivity contribution in [2.75, 3.05) is 0 Å². The minimum absolute atomic E-state index is 0.149. The Morgan fingerprint density at radius 2 is 1.62 bits per heavy atom. The van der Waals surface area contributed by atoms with Gasteiger partial charge in [-0.3, -0.25) is 14.4 Å². The zero-order valence-corrected chi connectivity index (χ0v) is 14.0. The molecule has 0 aromatic heterocycles. The number of rotatable bonds is 10. The molecule has 0 saturated heterocycles. The van der Waals surface area contributed by atoms with Crippen LogP contribution in [-0.2, 0) is 19.2 Å². The summed E-state index contributed by atoms with van der Waals surface area (Å²) in [5.74, 6) is -4.13. The lowest BCUT2D eigenvalue weighted by Crippen LogP contribution is -2.59. The molecular formula is C14H26N4O6. The van der Waals surface area contributed by atoms with Gasteiger partial charge in [-0.15, -0.1) is 0 Å². The summed E-state index contributed by atoms with van der Waals surface area (Å²) in [6, 6.07) is -3.86. The smallest absolute Gasteiger partial charge is 0.326 e. The Bertz CT molecular complexity index is 482. The average molecular weight is 346 g/mol. The van der Waals surface area contributed by atoms with Gasteiger partial charge >= 0.3 is 5.97 Å². The molecule has 0 bridgehead atoms. The first-order valence-corrected chi connectivity index (χ1v) is 7.56. The lowest BCUT2D eigenvalue weighted by molar-refractivity contribution is -0.144. The fraction of sp³-hybridized carbons (Fsp3) is 0.714. The number of carboxylic acids is 1. The Kier molecular flexibility index (Phi) is 8.93. The minimum Gasteiger partial charge on any atom is -0.480 e. The number of primary amides is 1. The molecule has 0 rings (SSSR count). The van der Waals surface area contributed by atoms with Gasteiger partial charge in [0.1, 0.15) is 12.1 Å². The van der Waals surface area contributed by atoms with Crippen molar-refractivity contribution in [2.45, 2.75) is 57.8 Å². The predicted octanol–water partition coefficient (Wildman–Crippen LogP) is -2.33. The molecule has 0 heterocycles. The normalized spacial score (nSPS) is 17.0. The molecule has 0 saturated carbocycles. The molecule has 0 aliphatic heterocycles. The number of aliphatic hydroxyl groups excluding tert-OH is 1. The van der Waals surface area contributed by atoms with Crippen LogP contribution in [0.4, 0.5) is 0 Å². The van der Waals surface area contributed by atoms with E-state index in [1.165, 1.54) is 6.92 Å². The summed E-state index contributed by atoms with van der Waals surface area (Å²) in [6.45, 7) is 4.86. The van der Waals surface area contributed by atoms with Gasteiger partial charge in [0.2, 0.25) is 17.7 Å². The van der Waals surface area contributed by atoms with Gasteiger partial charge in [-0.05, 0) is 12.8 Å². The van der Waals surface area contributed by atoms with E-state index in [4.69, 9.17) is 16.6 Å². The summed E-state index contributed by atoms with van der Waals surface area (Å²) in [6.07, 6.45) is -1.28. The van der Waals surface area contributed by atoms with Crippen molar-refractivity contribution in [1.82, 2.24) is 10.6 Å². The maximum Gasteiger partial charge on any atom is 0.326 e. The van der Waals surface area contributed by atoms with Crippen LogP contribution in [0.25, 0.3) is 0 Å². The average Bonchev–Trinajstić information content (AvgIpc) is 2.48. The van der Waals surface area contributed by atoms with Crippen molar-refractivity contribution in [3.63, 3.8) is 0 Å². The highest BCUT2D eigenvalue weighted by Gasteiger charge is 2.32. The van der Waals surface area contributed by atoms with Crippen LogP contribution in [0, 0.1) is 5.92 Å². The first kappa shape index (κ1) is 21.8. The van der Waals surface area contributed by atoms with E-state index in [0.717, 1.165) is 0 Å². The molecule has 10 nitrogen and oxygen atoms in total. The predicted molar refractivity (Wildman–Crippen MR) is 84.4 cm³/mol. The zero-order valence-electron chi connectivity index (χ0n) is 14.0. The van der Waals surface area contributed by atoms with Gasteiger partial charge in [0.25, 0.3) is 0 Å². The molecule has 8 N–H and O–H groups in total. The van der Waals surface area contributed by atoms with E-state index in [-0.39, 0.29) is 5.92 Å². The maximum absolute atomic E-state index is 12.1. The van der Waals surface area contributed by atoms with Gasteiger partial charge in [0.15, 0.2) is 0 Å². The molecule has 5 atom stereocenters. The number of carboxylic acid groups (broad SMARTS) is 1. The summed E-state index contributed by atoms with van der Waals surface area (Å²) in [5.41, 5.74) is 10.7. The number of amides is 3. The summed E-state index contributed by atoms with van der Waals surface area (Å²) < 4.78 is 0. The quantitative estimate of drug-likeness (QED) is 0.256. The van der Waals surface area contributed by atoms with Crippen LogP contribution in [0.1, 0.15) is 33.6 Å². The Labute approximate surface area is 139 Å². The zero-order chi connectivity index (χ0) is 19.0. The van der Waals surface area contributed by atoms with Gasteiger partial charge in [0.05, 0.1) is 18.6 Å². The molecule has 0 radical (unpaired) electrons. The molecule has 0 aliphatic rings. The largest absolute Gasteiger partial charge is 0.480 e. The molecule has 0 fully saturated rings. The highest BCUT2D eigenvalue weighted by Crippen LogP contribution is 2.06. The van der Waals surface area contributed by atoms with Crippen molar-refractivity contribution in [1.29, 1.82) is 0 Å². The van der Waals surface area contributed by atoms with E-state index >= 15 is 0 Å². The third kappa shape index (κ3) is 6.92. The van der Waals surface area contributed by atoms with E-state index in [2.05, 4.69) is 10.6 Å². The summed E-state index contributed by atoms with van der Waals surface area (Å²) >= 11 is 0. The highest BCUT2D eigenvalue weighted by molar-refractivity contribution is 5.93. The van der Waals surface area contributed by atoms with Crippen molar-refractivity contribution in [3.05, 3.63) is 0 Å². The van der Waals surface area contributed by atoms with Crippen molar-refractivity contribution >= 4 is 23.7 Å². The number of nitrogens with two attached hydrogens (primary N) is 2. The molecule has 0 aromatic carbocycles. The van der Waals surface area contributed by atoms with E-state index in [1.807, 2.05) is 6.92 Å². The van der Waals surface area contributed by atoms with Crippen LogP contribution >= 0.6 is 0 Å². The number of aliphatic hydroxyl groups is 1. The van der Waals surface area contributed by atoms with E-state index in [1.54, 1.807) is 6.92 Å². The second-order valence-corrected chi connectivity index (χ2v) is 5.71.